The highest BCUT2D eigenvalue weighted by molar-refractivity contribution is 5.87. The van der Waals surface area contributed by atoms with E-state index in [1.807, 2.05) is 0 Å². The van der Waals surface area contributed by atoms with Crippen molar-refractivity contribution in [2.45, 2.75) is 6.10 Å². The van der Waals surface area contributed by atoms with Crippen molar-refractivity contribution in [1.29, 1.82) is 0 Å². The summed E-state index contributed by atoms with van der Waals surface area (Å²) >= 11 is 0. The van der Waals surface area contributed by atoms with Crippen molar-refractivity contribution >= 4 is 11.8 Å². The Morgan fingerprint density at radius 3 is 2.46 bits per heavy atom. The van der Waals surface area contributed by atoms with E-state index in [0.717, 1.165) is 0 Å². The van der Waals surface area contributed by atoms with Gasteiger partial charge in [-0.15, -0.1) is 0 Å². The molecule has 0 aliphatic carbocycles. The number of likely N-dealkylation sites (N-methyl/N-ethyl adjacent to an activating group) is 1. The highest BCUT2D eigenvalue weighted by atomic mass is 16.6. The number of ether oxygens (including phenoxy) is 1. The molecule has 0 aliphatic rings. The van der Waals surface area contributed by atoms with Crippen LogP contribution in [0, 0.1) is 0 Å². The number of esters is 1. The molecule has 13 heavy (non-hydrogen) atoms. The van der Waals surface area contributed by atoms with E-state index in [1.165, 1.54) is 0 Å². The van der Waals surface area contributed by atoms with Gasteiger partial charge in [0.25, 0.3) is 0 Å². The molecule has 0 amide bonds. The Labute approximate surface area is 75.5 Å². The van der Waals surface area contributed by atoms with Crippen LogP contribution in [0.2, 0.25) is 0 Å². The fraction of sp³-hybridized carbons (Fsp3) is 0.714. The number of aliphatic hydroxyl groups excluding tert-OH is 2. The zero-order chi connectivity index (χ0) is 10.3. The molecule has 0 aromatic heterocycles. The van der Waals surface area contributed by atoms with E-state index in [0.29, 0.717) is 0 Å². The molecule has 0 radical (unpaired) electrons. The highest BCUT2D eigenvalue weighted by Crippen LogP contribution is 1.93. The molecule has 1 atom stereocenters. The third kappa shape index (κ3) is 4.56. The second-order valence-electron chi connectivity index (χ2n) is 2.32. The first kappa shape index (κ1) is 12.0. The number of rotatable bonds is 6. The summed E-state index contributed by atoms with van der Waals surface area (Å²) < 4.78 is 4.43. The highest BCUT2D eigenvalue weighted by Gasteiger charge is 2.20. The first-order valence-electron chi connectivity index (χ1n) is 3.74. The number of Topliss-reactive ketones (excluding diaryl/α,β-unsaturated/α-hetero) is 1. The maximum absolute atomic E-state index is 11.0. The van der Waals surface area contributed by atoms with Gasteiger partial charge >= 0.3 is 5.97 Å². The van der Waals surface area contributed by atoms with Crippen molar-refractivity contribution in [1.82, 2.24) is 5.32 Å². The zero-order valence-corrected chi connectivity index (χ0v) is 7.32. The normalized spacial score (nSPS) is 12.2. The minimum absolute atomic E-state index is 0.00390. The van der Waals surface area contributed by atoms with E-state index in [9.17, 15) is 9.59 Å². The molecule has 1 unspecified atom stereocenters. The Bertz CT molecular complexity index is 182. The SMILES string of the molecule is CNCC(=O)C(CO)OC(=O)CO. The number of hydrogen-bond donors (Lipinski definition) is 3. The van der Waals surface area contributed by atoms with Crippen molar-refractivity contribution in [2.24, 2.45) is 0 Å². The van der Waals surface area contributed by atoms with Crippen molar-refractivity contribution in [3.8, 4) is 0 Å². The third-order valence-corrected chi connectivity index (χ3v) is 1.28. The second-order valence-corrected chi connectivity index (χ2v) is 2.32. The van der Waals surface area contributed by atoms with Crippen LogP contribution >= 0.6 is 0 Å². The van der Waals surface area contributed by atoms with Gasteiger partial charge < -0.3 is 20.3 Å². The summed E-state index contributed by atoms with van der Waals surface area (Å²) in [5.41, 5.74) is 0. The van der Waals surface area contributed by atoms with Crippen LogP contribution in [0.3, 0.4) is 0 Å². The average molecular weight is 191 g/mol. The van der Waals surface area contributed by atoms with E-state index in [4.69, 9.17) is 10.2 Å². The first-order chi connectivity index (χ1) is 6.15. The average Bonchev–Trinajstić information content (AvgIpc) is 2.14. The smallest absolute Gasteiger partial charge is 0.332 e. The number of carbonyl (C=O) groups excluding carboxylic acids is 2. The van der Waals surface area contributed by atoms with Gasteiger partial charge in [-0.3, -0.25) is 4.79 Å². The molecule has 0 fully saturated rings. The Morgan fingerprint density at radius 1 is 1.46 bits per heavy atom. The molecular weight excluding hydrogens is 178 g/mol. The monoisotopic (exact) mass is 191 g/mol. The molecule has 0 aliphatic heterocycles. The van der Waals surface area contributed by atoms with E-state index >= 15 is 0 Å². The predicted molar refractivity (Wildman–Crippen MR) is 43.0 cm³/mol. The minimum Gasteiger partial charge on any atom is -0.450 e. The summed E-state index contributed by atoms with van der Waals surface area (Å²) in [6, 6.07) is 0. The van der Waals surface area contributed by atoms with Crippen LogP contribution in [0.25, 0.3) is 0 Å². The summed E-state index contributed by atoms with van der Waals surface area (Å²) in [6.45, 7) is -1.38. The molecule has 6 nitrogen and oxygen atoms in total. The molecule has 0 saturated heterocycles. The first-order valence-corrected chi connectivity index (χ1v) is 3.74. The van der Waals surface area contributed by atoms with E-state index < -0.39 is 31.1 Å². The lowest BCUT2D eigenvalue weighted by molar-refractivity contribution is -0.159. The molecule has 0 saturated carbocycles. The number of nitrogens with one attached hydrogen (secondary N) is 1. The van der Waals surface area contributed by atoms with Crippen molar-refractivity contribution < 1.29 is 24.5 Å². The maximum Gasteiger partial charge on any atom is 0.332 e. The van der Waals surface area contributed by atoms with Crippen LogP contribution in [0.4, 0.5) is 0 Å². The molecular formula is C7H13NO5. The Kier molecular flexibility index (Phi) is 6.03. The standard InChI is InChI=1S/C7H13NO5/c1-8-2-5(11)6(3-9)13-7(12)4-10/h6,8-10H,2-4H2,1H3. The summed E-state index contributed by atoms with van der Waals surface area (Å²) in [5.74, 6) is -1.37. The van der Waals surface area contributed by atoms with Gasteiger partial charge in [0.1, 0.15) is 6.61 Å². The fourth-order valence-electron chi connectivity index (χ4n) is 0.689. The van der Waals surface area contributed by atoms with Gasteiger partial charge in [0.2, 0.25) is 0 Å². The molecule has 0 aromatic carbocycles. The number of hydrogen-bond acceptors (Lipinski definition) is 6. The van der Waals surface area contributed by atoms with Crippen LogP contribution in [0.1, 0.15) is 0 Å². The van der Waals surface area contributed by atoms with E-state index in [-0.39, 0.29) is 6.54 Å². The lowest BCUT2D eigenvalue weighted by atomic mass is 10.2. The molecule has 76 valence electrons. The minimum atomic E-state index is -1.19. The second kappa shape index (κ2) is 6.53. The van der Waals surface area contributed by atoms with Crippen molar-refractivity contribution in [3.05, 3.63) is 0 Å². The van der Waals surface area contributed by atoms with Gasteiger partial charge in [-0.25, -0.2) is 4.79 Å². The Hall–Kier alpha value is -0.980. The van der Waals surface area contributed by atoms with Crippen molar-refractivity contribution in [2.75, 3.05) is 26.8 Å². The molecule has 0 rings (SSSR count). The van der Waals surface area contributed by atoms with Crippen LogP contribution < -0.4 is 5.32 Å². The lowest BCUT2D eigenvalue weighted by Crippen LogP contribution is -2.36. The Morgan fingerprint density at radius 2 is 2.08 bits per heavy atom. The summed E-state index contributed by atoms with van der Waals surface area (Å²) in [6.07, 6.45) is -1.19. The lowest BCUT2D eigenvalue weighted by Gasteiger charge is -2.12. The maximum atomic E-state index is 11.0. The summed E-state index contributed by atoms with van der Waals surface area (Å²) in [7, 11) is 1.56. The molecule has 0 aromatic rings. The number of aliphatic hydroxyl groups is 2. The quantitative estimate of drug-likeness (QED) is 0.407. The number of ketones is 1. The van der Waals surface area contributed by atoms with Crippen LogP contribution in [0.5, 0.6) is 0 Å². The topological polar surface area (TPSA) is 95.9 Å². The molecule has 6 heteroatoms. The van der Waals surface area contributed by atoms with Crippen LogP contribution in [-0.4, -0.2) is 54.9 Å². The van der Waals surface area contributed by atoms with Crippen LogP contribution in [-0.2, 0) is 14.3 Å². The van der Waals surface area contributed by atoms with Gasteiger partial charge in [-0.2, -0.15) is 0 Å². The van der Waals surface area contributed by atoms with Gasteiger partial charge in [0, 0.05) is 0 Å². The van der Waals surface area contributed by atoms with E-state index in [2.05, 4.69) is 10.1 Å². The predicted octanol–water partition coefficient (Wildman–Crippen LogP) is -2.33. The molecule has 0 heterocycles. The number of carbonyl (C=O) groups is 2. The summed E-state index contributed by atoms with van der Waals surface area (Å²) in [4.78, 5) is 21.6. The van der Waals surface area contributed by atoms with Crippen LogP contribution in [0.15, 0.2) is 0 Å². The zero-order valence-electron chi connectivity index (χ0n) is 7.32. The fourth-order valence-corrected chi connectivity index (χ4v) is 0.689. The van der Waals surface area contributed by atoms with Gasteiger partial charge in [-0.05, 0) is 7.05 Å². The largest absolute Gasteiger partial charge is 0.450 e. The Balaban J connectivity index is 4.01. The van der Waals surface area contributed by atoms with Gasteiger partial charge in [-0.1, -0.05) is 0 Å². The molecule has 3 N–H and O–H groups in total. The summed E-state index contributed by atoms with van der Waals surface area (Å²) in [5, 5.41) is 19.5. The molecule has 0 bridgehead atoms. The van der Waals surface area contributed by atoms with Crippen molar-refractivity contribution in [3.63, 3.8) is 0 Å². The van der Waals surface area contributed by atoms with Gasteiger partial charge in [0.05, 0.1) is 13.2 Å². The third-order valence-electron chi connectivity index (χ3n) is 1.28. The van der Waals surface area contributed by atoms with E-state index in [1.54, 1.807) is 7.05 Å². The molecule has 0 spiro atoms. The van der Waals surface area contributed by atoms with Gasteiger partial charge in [0.15, 0.2) is 11.9 Å².